The van der Waals surface area contributed by atoms with Crippen LogP contribution in [0.2, 0.25) is 0 Å². The number of piperidine rings is 1. The van der Waals surface area contributed by atoms with Gasteiger partial charge in [0.15, 0.2) is 11.6 Å². The van der Waals surface area contributed by atoms with Crippen LogP contribution >= 0.6 is 0 Å². The number of likely N-dealkylation sites (N-methyl/N-ethyl adjacent to an activating group) is 1. The highest BCUT2D eigenvalue weighted by Crippen LogP contribution is 2.29. The second kappa shape index (κ2) is 6.98. The average molecular weight is 295 g/mol. The molecule has 1 atom stereocenters. The number of hydrogen-bond acceptors (Lipinski definition) is 4. The first kappa shape index (κ1) is 15.9. The van der Waals surface area contributed by atoms with Crippen molar-refractivity contribution in [3.63, 3.8) is 0 Å². The lowest BCUT2D eigenvalue weighted by atomic mass is 10.0. The Hall–Kier alpha value is -1.49. The van der Waals surface area contributed by atoms with E-state index in [1.54, 1.807) is 6.07 Å². The molecule has 1 aliphatic heterocycles. The SMILES string of the molecule is CC(C)Oc1cc(NCC2CCCCN2C)c(N)cc1F. The van der Waals surface area contributed by atoms with Gasteiger partial charge in [0.05, 0.1) is 17.5 Å². The normalized spacial score (nSPS) is 19.8. The van der Waals surface area contributed by atoms with Crippen molar-refractivity contribution in [1.82, 2.24) is 4.90 Å². The molecule has 118 valence electrons. The van der Waals surface area contributed by atoms with Gasteiger partial charge < -0.3 is 20.7 Å². The number of rotatable bonds is 5. The minimum Gasteiger partial charge on any atom is -0.488 e. The lowest BCUT2D eigenvalue weighted by Gasteiger charge is -2.32. The Balaban J connectivity index is 2.04. The molecule has 4 nitrogen and oxygen atoms in total. The predicted octanol–water partition coefficient (Wildman–Crippen LogP) is 3.09. The van der Waals surface area contributed by atoms with Gasteiger partial charge in [-0.15, -0.1) is 0 Å². The van der Waals surface area contributed by atoms with Crippen LogP contribution in [0.25, 0.3) is 0 Å². The summed E-state index contributed by atoms with van der Waals surface area (Å²) in [5.41, 5.74) is 7.06. The fraction of sp³-hybridized carbons (Fsp3) is 0.625. The Morgan fingerprint density at radius 1 is 1.43 bits per heavy atom. The van der Waals surface area contributed by atoms with Crippen LogP contribution in [0, 0.1) is 5.82 Å². The summed E-state index contributed by atoms with van der Waals surface area (Å²) in [7, 11) is 2.15. The zero-order valence-electron chi connectivity index (χ0n) is 13.2. The molecule has 0 aromatic heterocycles. The summed E-state index contributed by atoms with van der Waals surface area (Å²) < 4.78 is 19.3. The maximum atomic E-state index is 13.8. The van der Waals surface area contributed by atoms with E-state index in [1.165, 1.54) is 25.3 Å². The Bertz CT molecular complexity index is 479. The highest BCUT2D eigenvalue weighted by atomic mass is 19.1. The summed E-state index contributed by atoms with van der Waals surface area (Å²) in [6.45, 7) is 5.69. The first-order chi connectivity index (χ1) is 9.97. The number of likely N-dealkylation sites (tertiary alicyclic amines) is 1. The number of nitrogens with one attached hydrogen (secondary N) is 1. The van der Waals surface area contributed by atoms with Crippen LogP contribution in [-0.4, -0.2) is 37.2 Å². The van der Waals surface area contributed by atoms with E-state index < -0.39 is 5.82 Å². The van der Waals surface area contributed by atoms with Gasteiger partial charge in [0.1, 0.15) is 0 Å². The number of nitrogen functional groups attached to an aromatic ring is 1. The zero-order valence-corrected chi connectivity index (χ0v) is 13.2. The van der Waals surface area contributed by atoms with Gasteiger partial charge in [-0.25, -0.2) is 4.39 Å². The molecule has 5 heteroatoms. The zero-order chi connectivity index (χ0) is 15.4. The van der Waals surface area contributed by atoms with Crippen molar-refractivity contribution >= 4 is 11.4 Å². The summed E-state index contributed by atoms with van der Waals surface area (Å²) in [6.07, 6.45) is 3.63. The molecule has 0 saturated carbocycles. The molecule has 2 rings (SSSR count). The molecule has 1 heterocycles. The number of nitrogens with zero attached hydrogens (tertiary/aromatic N) is 1. The molecule has 1 fully saturated rings. The Morgan fingerprint density at radius 2 is 2.19 bits per heavy atom. The van der Waals surface area contributed by atoms with Crippen LogP contribution in [-0.2, 0) is 0 Å². The minimum absolute atomic E-state index is 0.0690. The van der Waals surface area contributed by atoms with E-state index in [1.807, 2.05) is 13.8 Å². The van der Waals surface area contributed by atoms with Gasteiger partial charge in [-0.3, -0.25) is 0 Å². The van der Waals surface area contributed by atoms with Crippen molar-refractivity contribution in [2.75, 3.05) is 31.2 Å². The highest BCUT2D eigenvalue weighted by Gasteiger charge is 2.19. The Kier molecular flexibility index (Phi) is 5.28. The summed E-state index contributed by atoms with van der Waals surface area (Å²) in [6, 6.07) is 3.48. The molecular formula is C16H26FN3O. The molecular weight excluding hydrogens is 269 g/mol. The number of ether oxygens (including phenoxy) is 1. The van der Waals surface area contributed by atoms with Gasteiger partial charge in [0.25, 0.3) is 0 Å². The molecule has 1 unspecified atom stereocenters. The van der Waals surface area contributed by atoms with Crippen LogP contribution < -0.4 is 15.8 Å². The third-order valence-corrected chi connectivity index (χ3v) is 3.92. The Labute approximate surface area is 126 Å². The molecule has 1 aromatic rings. The summed E-state index contributed by atoms with van der Waals surface area (Å²) >= 11 is 0. The number of anilines is 2. The molecule has 0 radical (unpaired) electrons. The van der Waals surface area contributed by atoms with Gasteiger partial charge in [0.2, 0.25) is 0 Å². The molecule has 1 saturated heterocycles. The fourth-order valence-corrected chi connectivity index (χ4v) is 2.70. The molecule has 1 aromatic carbocycles. The predicted molar refractivity (Wildman–Crippen MR) is 85.3 cm³/mol. The van der Waals surface area contributed by atoms with Gasteiger partial charge in [-0.1, -0.05) is 6.42 Å². The number of hydrogen-bond donors (Lipinski definition) is 2. The quantitative estimate of drug-likeness (QED) is 0.820. The highest BCUT2D eigenvalue weighted by molar-refractivity contribution is 5.68. The summed E-state index contributed by atoms with van der Waals surface area (Å²) in [5, 5.41) is 3.34. The Morgan fingerprint density at radius 3 is 2.86 bits per heavy atom. The standard InChI is InChI=1S/C16H26FN3O/c1-11(2)21-16-9-15(14(18)8-13(16)17)19-10-12-6-4-5-7-20(12)3/h8-9,11-12,19H,4-7,10,18H2,1-3H3. The monoisotopic (exact) mass is 295 g/mol. The van der Waals surface area contributed by atoms with E-state index in [0.717, 1.165) is 18.8 Å². The van der Waals surface area contributed by atoms with E-state index in [2.05, 4.69) is 17.3 Å². The topological polar surface area (TPSA) is 50.5 Å². The van der Waals surface area contributed by atoms with Gasteiger partial charge in [0, 0.05) is 24.7 Å². The van der Waals surface area contributed by atoms with E-state index in [-0.39, 0.29) is 11.9 Å². The van der Waals surface area contributed by atoms with E-state index in [9.17, 15) is 4.39 Å². The second-order valence-electron chi connectivity index (χ2n) is 6.05. The average Bonchev–Trinajstić information content (AvgIpc) is 2.41. The van der Waals surface area contributed by atoms with Crippen molar-refractivity contribution in [3.8, 4) is 5.75 Å². The molecule has 1 aliphatic rings. The van der Waals surface area contributed by atoms with Crippen molar-refractivity contribution in [2.45, 2.75) is 45.3 Å². The molecule has 0 bridgehead atoms. The maximum absolute atomic E-state index is 13.8. The van der Waals surface area contributed by atoms with Crippen LogP contribution in [0.15, 0.2) is 12.1 Å². The fourth-order valence-electron chi connectivity index (χ4n) is 2.70. The van der Waals surface area contributed by atoms with E-state index in [4.69, 9.17) is 10.5 Å². The maximum Gasteiger partial charge on any atom is 0.167 e. The van der Waals surface area contributed by atoms with Gasteiger partial charge in [-0.05, 0) is 40.3 Å². The minimum atomic E-state index is -0.415. The van der Waals surface area contributed by atoms with Crippen LogP contribution in [0.3, 0.4) is 0 Å². The van der Waals surface area contributed by atoms with Crippen molar-refractivity contribution in [1.29, 1.82) is 0 Å². The van der Waals surface area contributed by atoms with Crippen LogP contribution in [0.1, 0.15) is 33.1 Å². The van der Waals surface area contributed by atoms with Crippen LogP contribution in [0.5, 0.6) is 5.75 Å². The number of halogens is 1. The van der Waals surface area contributed by atoms with Gasteiger partial charge in [-0.2, -0.15) is 0 Å². The number of benzene rings is 1. The first-order valence-corrected chi connectivity index (χ1v) is 7.67. The van der Waals surface area contributed by atoms with Crippen molar-refractivity contribution in [2.24, 2.45) is 0 Å². The lowest BCUT2D eigenvalue weighted by molar-refractivity contribution is 0.194. The van der Waals surface area contributed by atoms with Crippen molar-refractivity contribution in [3.05, 3.63) is 17.9 Å². The molecule has 21 heavy (non-hydrogen) atoms. The third kappa shape index (κ3) is 4.24. The smallest absolute Gasteiger partial charge is 0.167 e. The molecule has 0 amide bonds. The van der Waals surface area contributed by atoms with Crippen LogP contribution in [0.4, 0.5) is 15.8 Å². The molecule has 0 spiro atoms. The van der Waals surface area contributed by atoms with E-state index >= 15 is 0 Å². The second-order valence-corrected chi connectivity index (χ2v) is 6.05. The largest absolute Gasteiger partial charge is 0.488 e. The molecule has 0 aliphatic carbocycles. The molecule has 3 N–H and O–H groups in total. The first-order valence-electron chi connectivity index (χ1n) is 7.67. The summed E-state index contributed by atoms with van der Waals surface area (Å²) in [5.74, 6) is -0.166. The summed E-state index contributed by atoms with van der Waals surface area (Å²) in [4.78, 5) is 2.36. The number of nitrogens with two attached hydrogens (primary N) is 1. The van der Waals surface area contributed by atoms with Crippen molar-refractivity contribution < 1.29 is 9.13 Å². The van der Waals surface area contributed by atoms with Gasteiger partial charge >= 0.3 is 0 Å². The third-order valence-electron chi connectivity index (χ3n) is 3.92. The lowest BCUT2D eigenvalue weighted by Crippen LogP contribution is -2.40. The van der Waals surface area contributed by atoms with E-state index in [0.29, 0.717) is 11.7 Å².